The summed E-state index contributed by atoms with van der Waals surface area (Å²) in [6, 6.07) is 6.83. The van der Waals surface area contributed by atoms with Crippen molar-refractivity contribution >= 4 is 11.6 Å². The molecule has 0 saturated heterocycles. The highest BCUT2D eigenvalue weighted by Crippen LogP contribution is 2.34. The van der Waals surface area contributed by atoms with Crippen LogP contribution in [0.4, 0.5) is 22.0 Å². The van der Waals surface area contributed by atoms with Gasteiger partial charge in [-0.15, -0.1) is 5.10 Å². The summed E-state index contributed by atoms with van der Waals surface area (Å²) in [5, 5.41) is 35.6. The first-order chi connectivity index (χ1) is 21.0. The van der Waals surface area contributed by atoms with Gasteiger partial charge in [0.1, 0.15) is 23.8 Å². The summed E-state index contributed by atoms with van der Waals surface area (Å²) < 4.78 is 73.2. The fourth-order valence-corrected chi connectivity index (χ4v) is 4.87. The van der Waals surface area contributed by atoms with E-state index in [-0.39, 0.29) is 45.2 Å². The molecular weight excluding hydrogens is 613 g/mol. The molecule has 0 amide bonds. The van der Waals surface area contributed by atoms with Gasteiger partial charge >= 0.3 is 6.18 Å². The maximum atomic E-state index is 15.3. The van der Waals surface area contributed by atoms with Crippen molar-refractivity contribution in [1.29, 1.82) is 0 Å². The van der Waals surface area contributed by atoms with Crippen molar-refractivity contribution in [3.8, 4) is 28.1 Å². The van der Waals surface area contributed by atoms with Gasteiger partial charge in [0.2, 0.25) is 5.69 Å². The summed E-state index contributed by atoms with van der Waals surface area (Å²) >= 11 is 6.05. The second kappa shape index (κ2) is 11.1. The Labute approximate surface area is 248 Å². The molecule has 224 valence electrons. The van der Waals surface area contributed by atoms with Gasteiger partial charge in [-0.3, -0.25) is 9.67 Å². The van der Waals surface area contributed by atoms with E-state index in [2.05, 4.69) is 35.9 Å². The van der Waals surface area contributed by atoms with Crippen LogP contribution in [0.25, 0.3) is 28.1 Å². The zero-order valence-corrected chi connectivity index (χ0v) is 23.0. The van der Waals surface area contributed by atoms with E-state index < -0.39 is 29.7 Å². The molecule has 0 unspecified atom stereocenters. The Kier molecular flexibility index (Phi) is 7.24. The molecule has 0 aliphatic carbocycles. The normalized spacial score (nSPS) is 12.5. The lowest BCUT2D eigenvalue weighted by Gasteiger charge is -2.19. The van der Waals surface area contributed by atoms with E-state index in [9.17, 15) is 22.8 Å². The molecule has 18 heteroatoms. The van der Waals surface area contributed by atoms with E-state index in [0.717, 1.165) is 18.5 Å². The molecule has 6 aromatic rings. The van der Waals surface area contributed by atoms with Gasteiger partial charge in [0, 0.05) is 37.5 Å². The van der Waals surface area contributed by atoms with Crippen LogP contribution in [0.2, 0.25) is 5.02 Å². The number of hydrogen-bond donors (Lipinski definition) is 0. The number of aryl methyl sites for hydroxylation is 1. The number of nitrogens with zero attached hydrogens (tertiary/aromatic N) is 11. The van der Waals surface area contributed by atoms with Gasteiger partial charge in [-0.25, -0.2) is 9.07 Å². The van der Waals surface area contributed by atoms with Crippen molar-refractivity contribution in [1.82, 2.24) is 50.0 Å². The summed E-state index contributed by atoms with van der Waals surface area (Å²) in [4.78, 5) is 3.51. The predicted molar refractivity (Wildman–Crippen MR) is 142 cm³/mol. The van der Waals surface area contributed by atoms with E-state index in [1.54, 1.807) is 0 Å². The van der Waals surface area contributed by atoms with Gasteiger partial charge in [0.25, 0.3) is 5.95 Å². The highest BCUT2D eigenvalue weighted by molar-refractivity contribution is 6.31. The van der Waals surface area contributed by atoms with Crippen molar-refractivity contribution in [2.45, 2.75) is 18.6 Å². The lowest BCUT2D eigenvalue weighted by atomic mass is 10.0. The van der Waals surface area contributed by atoms with Crippen LogP contribution < -0.4 is 4.73 Å². The lowest BCUT2D eigenvalue weighted by molar-refractivity contribution is -0.615. The molecule has 0 aliphatic heterocycles. The number of aromatic nitrogens is 11. The maximum absolute atomic E-state index is 15.3. The molecule has 0 radical (unpaired) electrons. The fraction of sp³-hybridized carbons (Fsp3) is 0.154. The number of rotatable bonds is 7. The zero-order valence-electron chi connectivity index (χ0n) is 22.2. The lowest BCUT2D eigenvalue weighted by Crippen LogP contribution is -2.36. The number of pyridine rings is 2. The number of tetrazole rings is 1. The number of benzene rings is 1. The third-order valence-electron chi connectivity index (χ3n) is 6.77. The van der Waals surface area contributed by atoms with Gasteiger partial charge in [-0.1, -0.05) is 28.0 Å². The van der Waals surface area contributed by atoms with Gasteiger partial charge in [-0.05, 0) is 40.3 Å². The monoisotopic (exact) mass is 629 g/mol. The molecule has 0 spiro atoms. The topological polar surface area (TPSA) is 132 Å². The molecule has 0 N–H and O–H groups in total. The fourth-order valence-electron chi connectivity index (χ4n) is 4.71. The van der Waals surface area contributed by atoms with Crippen LogP contribution in [0, 0.1) is 17.0 Å². The van der Waals surface area contributed by atoms with Crippen LogP contribution in [0.15, 0.2) is 67.5 Å². The van der Waals surface area contributed by atoms with E-state index in [1.807, 2.05) is 0 Å². The van der Waals surface area contributed by atoms with Crippen LogP contribution in [-0.4, -0.2) is 50.0 Å². The molecule has 1 aromatic carbocycles. The van der Waals surface area contributed by atoms with Gasteiger partial charge in [-0.2, -0.15) is 32.1 Å². The van der Waals surface area contributed by atoms with Crippen molar-refractivity contribution < 1.29 is 26.7 Å². The molecule has 0 aliphatic rings. The van der Waals surface area contributed by atoms with Gasteiger partial charge in [0.15, 0.2) is 12.0 Å². The Morgan fingerprint density at radius 2 is 1.84 bits per heavy atom. The van der Waals surface area contributed by atoms with Crippen LogP contribution in [0.5, 0.6) is 0 Å². The van der Waals surface area contributed by atoms with Crippen molar-refractivity contribution in [2.24, 2.45) is 7.05 Å². The molecule has 5 heterocycles. The minimum atomic E-state index is -4.64. The van der Waals surface area contributed by atoms with E-state index in [1.165, 1.54) is 70.1 Å². The summed E-state index contributed by atoms with van der Waals surface area (Å²) in [5.74, 6) is -1.66. The third kappa shape index (κ3) is 5.32. The Hall–Kier alpha value is -5.32. The highest BCUT2D eigenvalue weighted by atomic mass is 35.5. The van der Waals surface area contributed by atoms with Crippen LogP contribution >= 0.6 is 11.6 Å². The van der Waals surface area contributed by atoms with Crippen molar-refractivity contribution in [3.63, 3.8) is 0 Å². The van der Waals surface area contributed by atoms with Crippen LogP contribution in [0.3, 0.4) is 0 Å². The first kappa shape index (κ1) is 28.8. The zero-order chi connectivity index (χ0) is 31.2. The smallest absolute Gasteiger partial charge is 0.433 e. The molecule has 44 heavy (non-hydrogen) atoms. The Balaban J connectivity index is 1.44. The quantitative estimate of drug-likeness (QED) is 0.146. The maximum Gasteiger partial charge on any atom is 0.433 e. The summed E-state index contributed by atoms with van der Waals surface area (Å²) in [5.41, 5.74) is -0.0463. The minimum absolute atomic E-state index is 0.0307. The molecule has 6 rings (SSSR count). The molecule has 12 nitrogen and oxygen atoms in total. The Morgan fingerprint density at radius 1 is 1.02 bits per heavy atom. The standard InChI is InChI=1S/C26H17ClF5N11O/c1-40-24(25(29)36-38-40)16-10-35-41(11-16)20(8-14-2-7-21(33-9-14)26(30,31)32)18-5-3-15(12-43(18)44)22-19(42-13-34-37-39-42)6-4-17(27)23(22)28/h2-7,9-13,20H,8H2,1H3/t20-/m0/s1. The Bertz CT molecular complexity index is 1940. The first-order valence-electron chi connectivity index (χ1n) is 12.6. The Morgan fingerprint density at radius 3 is 2.48 bits per heavy atom. The molecule has 1 atom stereocenters. The van der Waals surface area contributed by atoms with Gasteiger partial charge in [0.05, 0.1) is 28.0 Å². The van der Waals surface area contributed by atoms with Crippen molar-refractivity contribution in [2.75, 3.05) is 0 Å². The number of hydrogen-bond acceptors (Lipinski definition) is 8. The van der Waals surface area contributed by atoms with Crippen molar-refractivity contribution in [3.05, 3.63) is 106 Å². The molecule has 0 saturated carbocycles. The van der Waals surface area contributed by atoms with E-state index in [4.69, 9.17) is 11.6 Å². The predicted octanol–water partition coefficient (Wildman–Crippen LogP) is 4.13. The van der Waals surface area contributed by atoms with E-state index >= 15 is 4.39 Å². The largest absolute Gasteiger partial charge is 0.618 e. The third-order valence-corrected chi connectivity index (χ3v) is 7.06. The SMILES string of the molecule is Cn1nnc(F)c1-c1cnn([C@@H](Cc2ccc(C(F)(F)F)nc2)c2ccc(-c3c(-n4cnnn4)ccc(Cl)c3F)c[n+]2[O-])c1. The summed E-state index contributed by atoms with van der Waals surface area (Å²) in [6.07, 6.45) is 1.52. The molecule has 0 fully saturated rings. The second-order valence-electron chi connectivity index (χ2n) is 9.51. The number of alkyl halides is 3. The van der Waals surface area contributed by atoms with E-state index in [0.29, 0.717) is 10.3 Å². The van der Waals surface area contributed by atoms with Crippen LogP contribution in [-0.2, 0) is 19.6 Å². The molecule has 0 bridgehead atoms. The van der Waals surface area contributed by atoms with Crippen LogP contribution in [0.1, 0.15) is 23.0 Å². The van der Waals surface area contributed by atoms with Gasteiger partial charge < -0.3 is 5.21 Å². The molecule has 5 aromatic heterocycles. The number of halogens is 6. The highest BCUT2D eigenvalue weighted by Gasteiger charge is 2.33. The average molecular weight is 630 g/mol. The summed E-state index contributed by atoms with van der Waals surface area (Å²) in [6.45, 7) is 0. The first-order valence-corrected chi connectivity index (χ1v) is 13.0. The average Bonchev–Trinajstić information content (AvgIpc) is 3.75. The minimum Gasteiger partial charge on any atom is -0.618 e. The summed E-state index contributed by atoms with van der Waals surface area (Å²) in [7, 11) is 1.48. The second-order valence-corrected chi connectivity index (χ2v) is 9.92. The molecular formula is C26H17ClF5N11O.